The van der Waals surface area contributed by atoms with Gasteiger partial charge >= 0.3 is 0 Å². The fourth-order valence-corrected chi connectivity index (χ4v) is 0.352. The second-order valence-electron chi connectivity index (χ2n) is 2.37. The summed E-state index contributed by atoms with van der Waals surface area (Å²) in [6.07, 6.45) is 0.896. The molecule has 9 heavy (non-hydrogen) atoms. The molecule has 0 saturated carbocycles. The molecule has 1 heteroatoms. The SMILES string of the molecule is CCC#CC(C)(C)OC. The van der Waals surface area contributed by atoms with Crippen molar-refractivity contribution in [1.29, 1.82) is 0 Å². The smallest absolute Gasteiger partial charge is 0.122 e. The minimum absolute atomic E-state index is 0.268. The summed E-state index contributed by atoms with van der Waals surface area (Å²) < 4.78 is 5.07. The molecule has 0 atom stereocenters. The van der Waals surface area contributed by atoms with Gasteiger partial charge in [-0.2, -0.15) is 0 Å². The number of ether oxygens (including phenoxy) is 1. The fraction of sp³-hybridized carbons (Fsp3) is 0.750. The van der Waals surface area contributed by atoms with Crippen LogP contribution in [0, 0.1) is 11.8 Å². The average molecular weight is 126 g/mol. The molecule has 0 saturated heterocycles. The summed E-state index contributed by atoms with van der Waals surface area (Å²) in [5, 5.41) is 0. The van der Waals surface area contributed by atoms with Gasteiger partial charge in [0.05, 0.1) is 0 Å². The number of hydrogen-bond donors (Lipinski definition) is 0. The third-order valence-corrected chi connectivity index (χ3v) is 1.08. The van der Waals surface area contributed by atoms with Crippen molar-refractivity contribution in [1.82, 2.24) is 0 Å². The topological polar surface area (TPSA) is 9.23 Å². The summed E-state index contributed by atoms with van der Waals surface area (Å²) >= 11 is 0. The zero-order chi connectivity index (χ0) is 7.33. The van der Waals surface area contributed by atoms with E-state index in [2.05, 4.69) is 11.8 Å². The van der Waals surface area contributed by atoms with Gasteiger partial charge in [-0.05, 0) is 13.8 Å². The van der Waals surface area contributed by atoms with Crippen LogP contribution >= 0.6 is 0 Å². The van der Waals surface area contributed by atoms with Gasteiger partial charge in [0, 0.05) is 13.5 Å². The van der Waals surface area contributed by atoms with Gasteiger partial charge in [0.15, 0.2) is 0 Å². The Hall–Kier alpha value is -0.480. The van der Waals surface area contributed by atoms with Crippen molar-refractivity contribution in [3.63, 3.8) is 0 Å². The molecule has 0 aliphatic carbocycles. The second kappa shape index (κ2) is 3.53. The fourth-order valence-electron chi connectivity index (χ4n) is 0.352. The lowest BCUT2D eigenvalue weighted by Crippen LogP contribution is -2.18. The molecular weight excluding hydrogens is 112 g/mol. The molecule has 0 heterocycles. The van der Waals surface area contributed by atoms with Crippen molar-refractivity contribution in [2.45, 2.75) is 32.8 Å². The minimum Gasteiger partial charge on any atom is -0.366 e. The van der Waals surface area contributed by atoms with E-state index in [9.17, 15) is 0 Å². The maximum absolute atomic E-state index is 5.07. The molecule has 0 rings (SSSR count). The van der Waals surface area contributed by atoms with Gasteiger partial charge in [0.1, 0.15) is 5.60 Å². The molecule has 0 aromatic carbocycles. The molecule has 1 nitrogen and oxygen atoms in total. The van der Waals surface area contributed by atoms with Gasteiger partial charge in [-0.25, -0.2) is 0 Å². The van der Waals surface area contributed by atoms with Crippen molar-refractivity contribution >= 4 is 0 Å². The first-order valence-electron chi connectivity index (χ1n) is 3.17. The summed E-state index contributed by atoms with van der Waals surface area (Å²) in [7, 11) is 1.67. The molecule has 0 bridgehead atoms. The molecule has 0 amide bonds. The van der Waals surface area contributed by atoms with E-state index in [1.807, 2.05) is 20.8 Å². The Morgan fingerprint density at radius 3 is 2.33 bits per heavy atom. The number of rotatable bonds is 1. The van der Waals surface area contributed by atoms with Crippen LogP contribution in [-0.2, 0) is 4.74 Å². The van der Waals surface area contributed by atoms with Gasteiger partial charge in [0.2, 0.25) is 0 Å². The van der Waals surface area contributed by atoms with Crippen molar-refractivity contribution in [3.8, 4) is 11.8 Å². The minimum atomic E-state index is -0.268. The maximum atomic E-state index is 5.07. The Labute approximate surface area is 57.4 Å². The highest BCUT2D eigenvalue weighted by molar-refractivity contribution is 5.10. The van der Waals surface area contributed by atoms with Crippen LogP contribution in [0.5, 0.6) is 0 Å². The largest absolute Gasteiger partial charge is 0.366 e. The van der Waals surface area contributed by atoms with Crippen molar-refractivity contribution in [3.05, 3.63) is 0 Å². The number of hydrogen-bond acceptors (Lipinski definition) is 1. The van der Waals surface area contributed by atoms with Crippen LogP contribution in [0.15, 0.2) is 0 Å². The van der Waals surface area contributed by atoms with E-state index in [1.165, 1.54) is 0 Å². The first-order chi connectivity index (χ1) is 4.12. The average Bonchev–Trinajstić information content (AvgIpc) is 1.84. The van der Waals surface area contributed by atoms with E-state index in [-0.39, 0.29) is 5.60 Å². The third-order valence-electron chi connectivity index (χ3n) is 1.08. The Morgan fingerprint density at radius 1 is 1.44 bits per heavy atom. The zero-order valence-corrected chi connectivity index (χ0v) is 6.62. The monoisotopic (exact) mass is 126 g/mol. The van der Waals surface area contributed by atoms with Gasteiger partial charge in [-0.1, -0.05) is 12.8 Å². The molecule has 0 fully saturated rings. The normalized spacial score (nSPS) is 10.2. The summed E-state index contributed by atoms with van der Waals surface area (Å²) in [4.78, 5) is 0. The Balaban J connectivity index is 3.84. The van der Waals surface area contributed by atoms with Crippen LogP contribution in [0.25, 0.3) is 0 Å². The summed E-state index contributed by atoms with van der Waals surface area (Å²) in [5.74, 6) is 5.95. The number of methoxy groups -OCH3 is 1. The van der Waals surface area contributed by atoms with Crippen molar-refractivity contribution < 1.29 is 4.74 Å². The van der Waals surface area contributed by atoms with Crippen LogP contribution in [-0.4, -0.2) is 12.7 Å². The molecule has 0 unspecified atom stereocenters. The van der Waals surface area contributed by atoms with E-state index in [0.717, 1.165) is 6.42 Å². The van der Waals surface area contributed by atoms with Crippen LogP contribution in [0.4, 0.5) is 0 Å². The zero-order valence-electron chi connectivity index (χ0n) is 6.62. The van der Waals surface area contributed by atoms with Crippen LogP contribution in [0.3, 0.4) is 0 Å². The Morgan fingerprint density at radius 2 is 2.00 bits per heavy atom. The summed E-state index contributed by atoms with van der Waals surface area (Å²) in [6.45, 7) is 5.93. The van der Waals surface area contributed by atoms with E-state index in [0.29, 0.717) is 0 Å². The molecule has 0 aliphatic heterocycles. The highest BCUT2D eigenvalue weighted by Gasteiger charge is 2.09. The van der Waals surface area contributed by atoms with Crippen LogP contribution < -0.4 is 0 Å². The quantitative estimate of drug-likeness (QED) is 0.487. The predicted octanol–water partition coefficient (Wildman–Crippen LogP) is 1.82. The van der Waals surface area contributed by atoms with Gasteiger partial charge in [0.25, 0.3) is 0 Å². The molecule has 0 aromatic rings. The van der Waals surface area contributed by atoms with Gasteiger partial charge < -0.3 is 4.74 Å². The molecule has 0 radical (unpaired) electrons. The van der Waals surface area contributed by atoms with Gasteiger partial charge in [-0.15, -0.1) is 5.92 Å². The van der Waals surface area contributed by atoms with E-state index in [1.54, 1.807) is 7.11 Å². The summed E-state index contributed by atoms with van der Waals surface area (Å²) in [5.41, 5.74) is -0.268. The lowest BCUT2D eigenvalue weighted by molar-refractivity contribution is 0.0741. The first-order valence-corrected chi connectivity index (χ1v) is 3.17. The second-order valence-corrected chi connectivity index (χ2v) is 2.37. The van der Waals surface area contributed by atoms with Crippen molar-refractivity contribution in [2.75, 3.05) is 7.11 Å². The van der Waals surface area contributed by atoms with Crippen LogP contribution in [0.1, 0.15) is 27.2 Å². The third kappa shape index (κ3) is 4.05. The highest BCUT2D eigenvalue weighted by Crippen LogP contribution is 2.03. The predicted molar refractivity (Wildman–Crippen MR) is 39.2 cm³/mol. The molecule has 52 valence electrons. The Kier molecular flexibility index (Phi) is 3.34. The molecule has 0 spiro atoms. The van der Waals surface area contributed by atoms with Crippen LogP contribution in [0.2, 0.25) is 0 Å². The molecule has 0 aromatic heterocycles. The first kappa shape index (κ1) is 8.52. The Bertz CT molecular complexity index is 125. The summed E-state index contributed by atoms with van der Waals surface area (Å²) in [6, 6.07) is 0. The molecular formula is C8H14O. The molecule has 0 aliphatic rings. The molecule has 0 N–H and O–H groups in total. The van der Waals surface area contributed by atoms with Gasteiger partial charge in [-0.3, -0.25) is 0 Å². The van der Waals surface area contributed by atoms with E-state index in [4.69, 9.17) is 4.74 Å². The highest BCUT2D eigenvalue weighted by atomic mass is 16.5. The maximum Gasteiger partial charge on any atom is 0.122 e. The lowest BCUT2D eigenvalue weighted by Gasteiger charge is -2.13. The van der Waals surface area contributed by atoms with E-state index >= 15 is 0 Å². The lowest BCUT2D eigenvalue weighted by atomic mass is 10.1. The van der Waals surface area contributed by atoms with E-state index < -0.39 is 0 Å². The van der Waals surface area contributed by atoms with Crippen molar-refractivity contribution in [2.24, 2.45) is 0 Å². The standard InChI is InChI=1S/C8H14O/c1-5-6-7-8(2,3)9-4/h5H2,1-4H3.